The molecule has 0 saturated carbocycles. The van der Waals surface area contributed by atoms with Crippen LogP contribution in [0.1, 0.15) is 11.2 Å². The van der Waals surface area contributed by atoms with Gasteiger partial charge in [-0.1, -0.05) is 0 Å². The zero-order valence-electron chi connectivity index (χ0n) is 7.77. The van der Waals surface area contributed by atoms with Gasteiger partial charge in [-0.2, -0.15) is 0 Å². The zero-order chi connectivity index (χ0) is 3.58. The van der Waals surface area contributed by atoms with E-state index >= 15 is 0 Å². The van der Waals surface area contributed by atoms with Crippen molar-refractivity contribution < 1.29 is 43.7 Å². The molecule has 0 bridgehead atoms. The van der Waals surface area contributed by atoms with Crippen LogP contribution in [0, 0.1) is 0 Å². The molecule has 0 aliphatic carbocycles. The molecular weight excluding hydrogens is 238 g/mol. The van der Waals surface area contributed by atoms with Crippen LogP contribution in [0.3, 0.4) is 0 Å². The van der Waals surface area contributed by atoms with Crippen LogP contribution in [0.15, 0.2) is 0 Å². The first-order valence-electron chi connectivity index (χ1n) is 0.928. The summed E-state index contributed by atoms with van der Waals surface area (Å²) < 4.78 is 0. The number of carbonyl (C=O) groups is 1. The minimum absolute atomic E-state index is 0. The van der Waals surface area contributed by atoms with Gasteiger partial charge in [0, 0.05) is 6.92 Å². The Hall–Kier alpha value is 2.53. The van der Waals surface area contributed by atoms with Crippen molar-refractivity contribution in [3.63, 3.8) is 0 Å². The van der Waals surface area contributed by atoms with Crippen molar-refractivity contribution in [1.29, 1.82) is 0 Å². The molecule has 0 spiro atoms. The minimum atomic E-state index is -0.833. The quantitative estimate of drug-likeness (QED) is 0.445. The number of hydrogen-bond donors (Lipinski definition) is 1. The van der Waals surface area contributed by atoms with Crippen molar-refractivity contribution in [2.75, 3.05) is 0 Å². The summed E-state index contributed by atoms with van der Waals surface area (Å²) >= 11 is 0. The second kappa shape index (κ2) is 15.8. The van der Waals surface area contributed by atoms with Crippen molar-refractivity contribution in [3.8, 4) is 0 Å². The van der Waals surface area contributed by atoms with Crippen LogP contribution in [0.4, 0.5) is 0 Å². The van der Waals surface area contributed by atoms with E-state index in [-0.39, 0.29) is 95.5 Å². The van der Waals surface area contributed by atoms with Gasteiger partial charge in [0.15, 0.2) is 0 Å². The Bertz CT molecular complexity index is 47.5. The normalized spacial score (nSPS) is 3.57. The first kappa shape index (κ1) is 22.7. The Balaban J connectivity index is -0.00000000300. The van der Waals surface area contributed by atoms with Gasteiger partial charge < -0.3 is 9.39 Å². The van der Waals surface area contributed by atoms with Crippen molar-refractivity contribution in [1.82, 2.24) is 0 Å². The van der Waals surface area contributed by atoms with Crippen LogP contribution in [-0.4, -0.2) is 72.7 Å². The van der Waals surface area contributed by atoms with Crippen LogP contribution in [0.5, 0.6) is 0 Å². The average molecular weight is 247 g/mol. The topological polar surface area (TPSA) is 37.3 Å². The maximum atomic E-state index is 9.00. The third kappa shape index (κ3) is 56.9. The first-order valence-corrected chi connectivity index (χ1v) is 0.928. The summed E-state index contributed by atoms with van der Waals surface area (Å²) in [7, 11) is 0. The maximum absolute atomic E-state index is 9.00. The molecule has 0 fully saturated rings. The van der Waals surface area contributed by atoms with Crippen molar-refractivity contribution in [2.24, 2.45) is 0 Å². The molecule has 0 saturated heterocycles. The molecule has 36 valence electrons. The fraction of sp³-hybridized carbons (Fsp3) is 0.500. The van der Waals surface area contributed by atoms with Crippen LogP contribution in [0.2, 0.25) is 0 Å². The molecule has 1 N–H and O–H groups in total. The average Bonchev–Trinajstić information content (AvgIpc) is 0.811. The van der Waals surface area contributed by atoms with E-state index in [1.165, 1.54) is 0 Å². The van der Waals surface area contributed by atoms with E-state index in [0.717, 1.165) is 6.92 Å². The molecule has 7 heavy (non-hydrogen) atoms. The molecule has 0 rings (SSSR count). The predicted octanol–water partition coefficient (Wildman–Crippen LogP) is -3.86. The Morgan fingerprint density at radius 1 is 1.71 bits per heavy atom. The molecular formula is C2H9CaNaO2Sn. The number of aliphatic carboxylic acids is 1. The van der Waals surface area contributed by atoms with Crippen LogP contribution in [0.25, 0.3) is 0 Å². The molecule has 0 unspecified atom stereocenters. The van der Waals surface area contributed by atoms with Crippen LogP contribution in [-0.2, 0) is 4.79 Å². The van der Waals surface area contributed by atoms with E-state index in [1.807, 2.05) is 0 Å². The summed E-state index contributed by atoms with van der Waals surface area (Å²) in [5.74, 6) is -0.833. The van der Waals surface area contributed by atoms with E-state index in [2.05, 4.69) is 0 Å². The number of rotatable bonds is 0. The molecule has 5 heteroatoms. The second-order valence-corrected chi connectivity index (χ2v) is 0.519. The van der Waals surface area contributed by atoms with Gasteiger partial charge in [0.1, 0.15) is 0 Å². The van der Waals surface area contributed by atoms with Gasteiger partial charge >= 0.3 is 91.2 Å². The summed E-state index contributed by atoms with van der Waals surface area (Å²) in [4.78, 5) is 9.00. The van der Waals surface area contributed by atoms with Gasteiger partial charge in [-0.25, -0.2) is 0 Å². The van der Waals surface area contributed by atoms with E-state index in [0.29, 0.717) is 0 Å². The Labute approximate surface area is 116 Å². The van der Waals surface area contributed by atoms with Crippen LogP contribution < -0.4 is 29.6 Å². The van der Waals surface area contributed by atoms with Gasteiger partial charge in [-0.05, 0) is 0 Å². The van der Waals surface area contributed by atoms with Crippen molar-refractivity contribution in [3.05, 3.63) is 0 Å². The molecule has 0 aliphatic rings. The molecule has 0 aliphatic heterocycles. The molecule has 0 aromatic carbocycles. The van der Waals surface area contributed by atoms with Crippen LogP contribution >= 0.6 is 0 Å². The molecule has 0 aromatic rings. The predicted molar refractivity (Wildman–Crippen MR) is 30.9 cm³/mol. The van der Waals surface area contributed by atoms with Gasteiger partial charge in [-0.15, -0.1) is 0 Å². The third-order valence-corrected chi connectivity index (χ3v) is 0. The molecule has 0 heterocycles. The SMILES string of the molecule is CC(=O)O.[Ca+2].[H-].[H-].[H-].[Na+].[SnH2]. The Morgan fingerprint density at radius 3 is 1.71 bits per heavy atom. The van der Waals surface area contributed by atoms with E-state index in [1.54, 1.807) is 0 Å². The van der Waals surface area contributed by atoms with E-state index in [4.69, 9.17) is 9.90 Å². The summed E-state index contributed by atoms with van der Waals surface area (Å²) in [6, 6.07) is 0. The molecule has 0 amide bonds. The summed E-state index contributed by atoms with van der Waals surface area (Å²) in [5, 5.41) is 7.42. The number of hydrogen-bond acceptors (Lipinski definition) is 1. The standard InChI is InChI=1S/C2H4O2.Ca.Na.Sn.5H/c1-2(3)4;;;;;;;;/h1H3,(H,3,4);;;;;;;;/q;+2;+1;;;;3*-1. The Morgan fingerprint density at radius 2 is 1.71 bits per heavy atom. The summed E-state index contributed by atoms with van der Waals surface area (Å²) in [6.45, 7) is 1.08. The van der Waals surface area contributed by atoms with Crippen molar-refractivity contribution >= 4 is 67.6 Å². The Kier molecular flexibility index (Phi) is 51.2. The molecule has 0 aromatic heterocycles. The molecule has 2 nitrogen and oxygen atoms in total. The van der Waals surface area contributed by atoms with Gasteiger partial charge in [0.2, 0.25) is 0 Å². The zero-order valence-corrected chi connectivity index (χ0v) is 13.0. The second-order valence-electron chi connectivity index (χ2n) is 0.519. The molecule has 2 radical (unpaired) electrons. The fourth-order valence-electron chi connectivity index (χ4n) is 0. The molecule has 0 atom stereocenters. The fourth-order valence-corrected chi connectivity index (χ4v) is 0. The number of carboxylic acids is 1. The third-order valence-electron chi connectivity index (χ3n) is 0. The van der Waals surface area contributed by atoms with Gasteiger partial charge in [0.25, 0.3) is 5.97 Å². The van der Waals surface area contributed by atoms with Gasteiger partial charge in [0.05, 0.1) is 0 Å². The summed E-state index contributed by atoms with van der Waals surface area (Å²) in [6.07, 6.45) is 0. The number of carboxylic acid groups (broad SMARTS) is 1. The summed E-state index contributed by atoms with van der Waals surface area (Å²) in [5.41, 5.74) is 0. The van der Waals surface area contributed by atoms with E-state index < -0.39 is 5.97 Å². The first-order chi connectivity index (χ1) is 1.73. The van der Waals surface area contributed by atoms with Gasteiger partial charge in [-0.3, -0.25) is 4.79 Å². The monoisotopic (exact) mass is 248 g/mol. The van der Waals surface area contributed by atoms with E-state index in [9.17, 15) is 0 Å². The van der Waals surface area contributed by atoms with Crippen molar-refractivity contribution in [2.45, 2.75) is 6.92 Å².